The van der Waals surface area contributed by atoms with Gasteiger partial charge in [-0.25, -0.2) is 14.4 Å². The van der Waals surface area contributed by atoms with Gasteiger partial charge in [0.05, 0.1) is 6.20 Å². The van der Waals surface area contributed by atoms with E-state index in [4.69, 9.17) is 0 Å². The molecule has 0 saturated heterocycles. The van der Waals surface area contributed by atoms with Crippen LogP contribution >= 0.6 is 0 Å². The maximum absolute atomic E-state index is 14.3. The Kier molecular flexibility index (Phi) is 5.80. The molecule has 0 aliphatic carbocycles. The summed E-state index contributed by atoms with van der Waals surface area (Å²) in [7, 11) is 0. The summed E-state index contributed by atoms with van der Waals surface area (Å²) in [5, 5.41) is 3.11. The minimum atomic E-state index is -0.465. The molecule has 4 aromatic rings. The normalized spacial score (nSPS) is 10.9. The van der Waals surface area contributed by atoms with Gasteiger partial charge >= 0.3 is 0 Å². The summed E-state index contributed by atoms with van der Waals surface area (Å²) >= 11 is 0. The molecular formula is C25H23FN4. The molecule has 5 heteroatoms. The van der Waals surface area contributed by atoms with Crippen molar-refractivity contribution < 1.29 is 4.39 Å². The molecule has 0 spiro atoms. The quantitative estimate of drug-likeness (QED) is 0.428. The predicted octanol–water partition coefficient (Wildman–Crippen LogP) is 6.08. The largest absolute Gasteiger partial charge is 0.363 e. The second-order valence-electron chi connectivity index (χ2n) is 7.42. The highest BCUT2D eigenvalue weighted by molar-refractivity contribution is 5.63. The average molecular weight is 398 g/mol. The number of benzene rings is 2. The van der Waals surface area contributed by atoms with Crippen LogP contribution in [0, 0.1) is 5.82 Å². The van der Waals surface area contributed by atoms with E-state index in [1.54, 1.807) is 6.20 Å². The predicted molar refractivity (Wildman–Crippen MR) is 119 cm³/mol. The number of anilines is 1. The minimum Gasteiger partial charge on any atom is -0.363 e. The fraction of sp³-hybridized carbons (Fsp3) is 0.160. The summed E-state index contributed by atoms with van der Waals surface area (Å²) in [6, 6.07) is 20.0. The van der Waals surface area contributed by atoms with Crippen LogP contribution in [-0.2, 0) is 6.54 Å². The number of halogens is 1. The molecule has 0 unspecified atom stereocenters. The SMILES string of the molecule is CC(C)c1ccccc1-c1ncc(F)c(NCc2ccc(-c3cccnc3)cc2)n1. The fourth-order valence-corrected chi connectivity index (χ4v) is 3.36. The Bertz CT molecular complexity index is 1130. The van der Waals surface area contributed by atoms with Gasteiger partial charge in [0.15, 0.2) is 17.5 Å². The second kappa shape index (κ2) is 8.82. The molecule has 150 valence electrons. The minimum absolute atomic E-state index is 0.204. The third-order valence-electron chi connectivity index (χ3n) is 4.98. The molecule has 0 saturated carbocycles. The van der Waals surface area contributed by atoms with Gasteiger partial charge in [-0.2, -0.15) is 0 Å². The van der Waals surface area contributed by atoms with Gasteiger partial charge in [-0.1, -0.05) is 68.4 Å². The molecule has 2 aromatic heterocycles. The Hall–Kier alpha value is -3.60. The van der Waals surface area contributed by atoms with Gasteiger partial charge in [-0.15, -0.1) is 0 Å². The second-order valence-corrected chi connectivity index (χ2v) is 7.42. The third kappa shape index (κ3) is 4.35. The fourth-order valence-electron chi connectivity index (χ4n) is 3.36. The molecule has 0 fully saturated rings. The van der Waals surface area contributed by atoms with Crippen molar-refractivity contribution in [3.05, 3.63) is 96.2 Å². The van der Waals surface area contributed by atoms with Crippen LogP contribution < -0.4 is 5.32 Å². The number of hydrogen-bond donors (Lipinski definition) is 1. The first-order valence-electron chi connectivity index (χ1n) is 9.97. The van der Waals surface area contributed by atoms with Crippen LogP contribution in [0.3, 0.4) is 0 Å². The highest BCUT2D eigenvalue weighted by atomic mass is 19.1. The number of nitrogens with zero attached hydrogens (tertiary/aromatic N) is 3. The molecule has 30 heavy (non-hydrogen) atoms. The van der Waals surface area contributed by atoms with Crippen molar-refractivity contribution in [3.63, 3.8) is 0 Å². The topological polar surface area (TPSA) is 50.7 Å². The molecule has 4 rings (SSSR count). The molecular weight excluding hydrogens is 375 g/mol. The van der Waals surface area contributed by atoms with E-state index >= 15 is 0 Å². The number of aromatic nitrogens is 3. The van der Waals surface area contributed by atoms with Crippen molar-refractivity contribution in [2.75, 3.05) is 5.32 Å². The van der Waals surface area contributed by atoms with E-state index in [2.05, 4.69) is 40.2 Å². The molecule has 0 radical (unpaired) electrons. The summed E-state index contributed by atoms with van der Waals surface area (Å²) in [4.78, 5) is 12.8. The molecule has 0 amide bonds. The maximum Gasteiger partial charge on any atom is 0.183 e. The van der Waals surface area contributed by atoms with Gasteiger partial charge in [-0.05, 0) is 34.2 Å². The lowest BCUT2D eigenvalue weighted by Gasteiger charge is -2.13. The van der Waals surface area contributed by atoms with E-state index < -0.39 is 5.82 Å². The molecule has 2 aromatic carbocycles. The lowest BCUT2D eigenvalue weighted by atomic mass is 9.97. The molecule has 0 atom stereocenters. The number of nitrogens with one attached hydrogen (secondary N) is 1. The molecule has 0 aliphatic rings. The van der Waals surface area contributed by atoms with E-state index in [0.717, 1.165) is 27.8 Å². The summed E-state index contributed by atoms with van der Waals surface area (Å²) < 4.78 is 14.3. The van der Waals surface area contributed by atoms with Crippen LogP contribution in [-0.4, -0.2) is 15.0 Å². The highest BCUT2D eigenvalue weighted by Gasteiger charge is 2.13. The van der Waals surface area contributed by atoms with E-state index in [0.29, 0.717) is 18.3 Å². The first-order valence-corrected chi connectivity index (χ1v) is 9.97. The van der Waals surface area contributed by atoms with Crippen molar-refractivity contribution in [2.45, 2.75) is 26.3 Å². The Labute approximate surface area is 175 Å². The molecule has 1 N–H and O–H groups in total. The lowest BCUT2D eigenvalue weighted by Crippen LogP contribution is -2.06. The first-order chi connectivity index (χ1) is 14.6. The smallest absolute Gasteiger partial charge is 0.183 e. The Balaban J connectivity index is 1.52. The van der Waals surface area contributed by atoms with Crippen LogP contribution in [0.15, 0.2) is 79.3 Å². The monoisotopic (exact) mass is 398 g/mol. The maximum atomic E-state index is 14.3. The van der Waals surface area contributed by atoms with Gasteiger partial charge in [0, 0.05) is 24.5 Å². The molecule has 0 bridgehead atoms. The van der Waals surface area contributed by atoms with Crippen LogP contribution in [0.4, 0.5) is 10.2 Å². The summed E-state index contributed by atoms with van der Waals surface area (Å²) in [5.41, 5.74) is 5.25. The number of rotatable bonds is 6. The summed E-state index contributed by atoms with van der Waals surface area (Å²) in [6.07, 6.45) is 4.82. The Morgan fingerprint density at radius 1 is 0.900 bits per heavy atom. The van der Waals surface area contributed by atoms with E-state index in [1.807, 2.05) is 60.8 Å². The molecule has 2 heterocycles. The third-order valence-corrected chi connectivity index (χ3v) is 4.98. The number of hydrogen-bond acceptors (Lipinski definition) is 4. The standard InChI is InChI=1S/C25H23FN4/c1-17(2)21-7-3-4-8-22(21)24-29-16-23(26)25(30-24)28-14-18-9-11-19(12-10-18)20-6-5-13-27-15-20/h3-13,15-17H,14H2,1-2H3,(H,28,29,30). The van der Waals surface area contributed by atoms with Crippen molar-refractivity contribution in [1.82, 2.24) is 15.0 Å². The lowest BCUT2D eigenvalue weighted by molar-refractivity contribution is 0.617. The van der Waals surface area contributed by atoms with Crippen LogP contribution in [0.2, 0.25) is 0 Å². The van der Waals surface area contributed by atoms with Gasteiger partial charge in [0.2, 0.25) is 0 Å². The summed E-state index contributed by atoms with van der Waals surface area (Å²) in [5.74, 6) is 0.586. The number of pyridine rings is 1. The Morgan fingerprint density at radius 3 is 2.43 bits per heavy atom. The first kappa shape index (κ1) is 19.7. The van der Waals surface area contributed by atoms with E-state index in [-0.39, 0.29) is 5.82 Å². The van der Waals surface area contributed by atoms with Gasteiger partial charge in [-0.3, -0.25) is 4.98 Å². The van der Waals surface area contributed by atoms with Crippen molar-refractivity contribution in [2.24, 2.45) is 0 Å². The molecule has 4 nitrogen and oxygen atoms in total. The van der Waals surface area contributed by atoms with Crippen LogP contribution in [0.1, 0.15) is 30.9 Å². The van der Waals surface area contributed by atoms with E-state index in [9.17, 15) is 4.39 Å². The highest BCUT2D eigenvalue weighted by Crippen LogP contribution is 2.28. The van der Waals surface area contributed by atoms with Gasteiger partial charge < -0.3 is 5.32 Å². The Morgan fingerprint density at radius 2 is 1.70 bits per heavy atom. The van der Waals surface area contributed by atoms with Crippen molar-refractivity contribution >= 4 is 5.82 Å². The van der Waals surface area contributed by atoms with Gasteiger partial charge in [0.25, 0.3) is 0 Å². The van der Waals surface area contributed by atoms with Gasteiger partial charge in [0.1, 0.15) is 0 Å². The van der Waals surface area contributed by atoms with Crippen LogP contribution in [0.25, 0.3) is 22.5 Å². The average Bonchev–Trinajstić information content (AvgIpc) is 2.79. The van der Waals surface area contributed by atoms with Crippen molar-refractivity contribution in [1.29, 1.82) is 0 Å². The molecule has 0 aliphatic heterocycles. The van der Waals surface area contributed by atoms with Crippen LogP contribution in [0.5, 0.6) is 0 Å². The zero-order chi connectivity index (χ0) is 20.9. The van der Waals surface area contributed by atoms with Crippen molar-refractivity contribution in [3.8, 4) is 22.5 Å². The zero-order valence-corrected chi connectivity index (χ0v) is 17.0. The summed E-state index contributed by atoms with van der Waals surface area (Å²) in [6.45, 7) is 4.71. The van der Waals surface area contributed by atoms with E-state index in [1.165, 1.54) is 6.20 Å². The zero-order valence-electron chi connectivity index (χ0n) is 17.0.